The highest BCUT2D eigenvalue weighted by Crippen LogP contribution is 2.40. The molecule has 5 nitrogen and oxygen atoms in total. The lowest BCUT2D eigenvalue weighted by Gasteiger charge is -2.39. The van der Waals surface area contributed by atoms with Gasteiger partial charge in [-0.2, -0.15) is 0 Å². The second-order valence-corrected chi connectivity index (χ2v) is 10.2. The van der Waals surface area contributed by atoms with Gasteiger partial charge < -0.3 is 5.32 Å². The van der Waals surface area contributed by atoms with E-state index >= 15 is 0 Å². The predicted octanol–water partition coefficient (Wildman–Crippen LogP) is 3.03. The van der Waals surface area contributed by atoms with Crippen LogP contribution in [0, 0.1) is 11.7 Å². The van der Waals surface area contributed by atoms with E-state index in [1.54, 1.807) is 19.1 Å². The molecule has 168 valence electrons. The number of benzene rings is 1. The van der Waals surface area contributed by atoms with Gasteiger partial charge in [0, 0.05) is 69.5 Å². The lowest BCUT2D eigenvalue weighted by atomic mass is 9.93. The van der Waals surface area contributed by atoms with Crippen LogP contribution < -0.4 is 5.32 Å². The first-order valence-electron chi connectivity index (χ1n) is 11.3. The normalized spacial score (nSPS) is 25.5. The SMILES string of the molecule is CC(=O)SC1CCN(C(C(=O)C2CC2)c2ccccc2F)C/C1=C\CN1CCNCC1. The molecule has 2 heterocycles. The Morgan fingerprint density at radius 2 is 1.94 bits per heavy atom. The van der Waals surface area contributed by atoms with Crippen LogP contribution in [0.15, 0.2) is 35.9 Å². The number of likely N-dealkylation sites (tertiary alicyclic amines) is 1. The van der Waals surface area contributed by atoms with E-state index in [9.17, 15) is 14.0 Å². The molecular formula is C24H32FN3O2S. The zero-order valence-electron chi connectivity index (χ0n) is 18.2. The molecule has 0 bridgehead atoms. The Kier molecular flexibility index (Phi) is 7.59. The molecule has 1 saturated carbocycles. The third-order valence-electron chi connectivity index (χ3n) is 6.42. The third-order valence-corrected chi connectivity index (χ3v) is 7.58. The van der Waals surface area contributed by atoms with Crippen molar-refractivity contribution in [3.8, 4) is 0 Å². The van der Waals surface area contributed by atoms with Crippen LogP contribution >= 0.6 is 11.8 Å². The number of carbonyl (C=O) groups is 2. The molecule has 1 N–H and O–H groups in total. The first kappa shape index (κ1) is 22.6. The topological polar surface area (TPSA) is 52.7 Å². The lowest BCUT2D eigenvalue weighted by Crippen LogP contribution is -2.45. The molecule has 0 aromatic heterocycles. The first-order valence-corrected chi connectivity index (χ1v) is 12.2. The number of halogens is 1. The fourth-order valence-electron chi connectivity index (χ4n) is 4.59. The minimum absolute atomic E-state index is 0.0576. The van der Waals surface area contributed by atoms with Gasteiger partial charge in [-0.3, -0.25) is 19.4 Å². The van der Waals surface area contributed by atoms with Crippen molar-refractivity contribution in [2.24, 2.45) is 5.92 Å². The van der Waals surface area contributed by atoms with Crippen LogP contribution in [-0.2, 0) is 9.59 Å². The first-order chi connectivity index (χ1) is 15.0. The Morgan fingerprint density at radius 1 is 1.19 bits per heavy atom. The van der Waals surface area contributed by atoms with Crippen molar-refractivity contribution >= 4 is 22.7 Å². The van der Waals surface area contributed by atoms with Crippen molar-refractivity contribution in [2.75, 3.05) is 45.8 Å². The van der Waals surface area contributed by atoms with Crippen LogP contribution in [0.1, 0.15) is 37.8 Å². The molecule has 0 amide bonds. The summed E-state index contributed by atoms with van der Waals surface area (Å²) in [6.45, 7) is 7.76. The second-order valence-electron chi connectivity index (χ2n) is 8.79. The Bertz CT molecular complexity index is 836. The zero-order chi connectivity index (χ0) is 21.8. The molecule has 7 heteroatoms. The smallest absolute Gasteiger partial charge is 0.186 e. The van der Waals surface area contributed by atoms with Gasteiger partial charge in [-0.25, -0.2) is 4.39 Å². The summed E-state index contributed by atoms with van der Waals surface area (Å²) in [5, 5.41) is 3.62. The number of nitrogens with one attached hydrogen (secondary N) is 1. The van der Waals surface area contributed by atoms with Crippen molar-refractivity contribution in [2.45, 2.75) is 37.5 Å². The molecule has 4 rings (SSSR count). The number of hydrogen-bond donors (Lipinski definition) is 1. The molecule has 1 aromatic carbocycles. The molecule has 31 heavy (non-hydrogen) atoms. The van der Waals surface area contributed by atoms with Gasteiger partial charge in [0.2, 0.25) is 0 Å². The zero-order valence-corrected chi connectivity index (χ0v) is 19.0. The molecular weight excluding hydrogens is 413 g/mol. The summed E-state index contributed by atoms with van der Waals surface area (Å²) in [5.41, 5.74) is 1.67. The summed E-state index contributed by atoms with van der Waals surface area (Å²) in [6.07, 6.45) is 4.86. The maximum absolute atomic E-state index is 14.7. The number of nitrogens with zero attached hydrogens (tertiary/aromatic N) is 2. The van der Waals surface area contributed by atoms with Crippen LogP contribution in [0.25, 0.3) is 0 Å². The largest absolute Gasteiger partial charge is 0.314 e. The van der Waals surface area contributed by atoms with E-state index in [0.717, 1.165) is 52.0 Å². The van der Waals surface area contributed by atoms with Crippen molar-refractivity contribution < 1.29 is 14.0 Å². The van der Waals surface area contributed by atoms with Gasteiger partial charge in [0.05, 0.1) is 6.04 Å². The molecule has 2 atom stereocenters. The summed E-state index contributed by atoms with van der Waals surface area (Å²) in [4.78, 5) is 29.6. The Morgan fingerprint density at radius 3 is 2.61 bits per heavy atom. The Balaban J connectivity index is 1.56. The second kappa shape index (κ2) is 10.4. The summed E-state index contributed by atoms with van der Waals surface area (Å²) in [6, 6.07) is 6.14. The number of thioether (sulfide) groups is 1. The van der Waals surface area contributed by atoms with Crippen molar-refractivity contribution in [3.05, 3.63) is 47.3 Å². The van der Waals surface area contributed by atoms with Gasteiger partial charge >= 0.3 is 0 Å². The molecule has 2 unspecified atom stereocenters. The van der Waals surface area contributed by atoms with Crippen molar-refractivity contribution in [3.63, 3.8) is 0 Å². The minimum atomic E-state index is -0.542. The van der Waals surface area contributed by atoms with Crippen LogP contribution in [-0.4, -0.2) is 71.8 Å². The number of piperazine rings is 1. The standard InChI is InChI=1S/C24H32FN3O2S/c1-17(29)31-22-9-13-28(16-19(22)8-12-27-14-10-26-11-15-27)23(24(30)18-6-7-18)20-4-2-3-5-21(20)25/h2-5,8,18,22-23,26H,6-7,9-16H2,1H3/b19-8+. The molecule has 1 aliphatic carbocycles. The molecule has 1 aromatic rings. The van der Waals surface area contributed by atoms with E-state index in [0.29, 0.717) is 18.7 Å². The fourth-order valence-corrected chi connectivity index (χ4v) is 5.54. The van der Waals surface area contributed by atoms with Gasteiger partial charge in [-0.1, -0.05) is 36.0 Å². The van der Waals surface area contributed by atoms with Crippen LogP contribution in [0.5, 0.6) is 0 Å². The number of piperidine rings is 1. The number of Topliss-reactive ketones (excluding diaryl/α,β-unsaturated/α-hetero) is 1. The minimum Gasteiger partial charge on any atom is -0.314 e. The van der Waals surface area contributed by atoms with E-state index in [1.165, 1.54) is 23.4 Å². The molecule has 0 spiro atoms. The highest BCUT2D eigenvalue weighted by Gasteiger charge is 2.41. The van der Waals surface area contributed by atoms with Gasteiger partial charge in [0.1, 0.15) is 5.82 Å². The fraction of sp³-hybridized carbons (Fsp3) is 0.583. The molecule has 2 aliphatic heterocycles. The average Bonchev–Trinajstić information content (AvgIpc) is 3.61. The van der Waals surface area contributed by atoms with Gasteiger partial charge in [-0.05, 0) is 30.9 Å². The summed E-state index contributed by atoms with van der Waals surface area (Å²) in [5.74, 6) is -0.112. The van der Waals surface area contributed by atoms with E-state index < -0.39 is 6.04 Å². The molecule has 0 radical (unpaired) electrons. The molecule has 3 aliphatic rings. The summed E-state index contributed by atoms with van der Waals surface area (Å²) < 4.78 is 14.7. The number of rotatable bonds is 7. The van der Waals surface area contributed by atoms with Gasteiger partial charge in [0.15, 0.2) is 10.9 Å². The third kappa shape index (κ3) is 5.83. The molecule has 2 saturated heterocycles. The van der Waals surface area contributed by atoms with Crippen LogP contribution in [0.4, 0.5) is 4.39 Å². The van der Waals surface area contributed by atoms with E-state index in [4.69, 9.17) is 0 Å². The lowest BCUT2D eigenvalue weighted by molar-refractivity contribution is -0.126. The van der Waals surface area contributed by atoms with Crippen molar-refractivity contribution in [1.29, 1.82) is 0 Å². The van der Waals surface area contributed by atoms with E-state index in [1.807, 2.05) is 6.07 Å². The quantitative estimate of drug-likeness (QED) is 0.651. The Labute approximate surface area is 188 Å². The van der Waals surface area contributed by atoms with E-state index in [-0.39, 0.29) is 27.9 Å². The number of carbonyl (C=O) groups excluding carboxylic acids is 2. The number of ketones is 1. The average molecular weight is 446 g/mol. The highest BCUT2D eigenvalue weighted by molar-refractivity contribution is 8.14. The summed E-state index contributed by atoms with van der Waals surface area (Å²) in [7, 11) is 0. The number of hydrogen-bond acceptors (Lipinski definition) is 6. The maximum atomic E-state index is 14.7. The predicted molar refractivity (Wildman–Crippen MR) is 123 cm³/mol. The Hall–Kier alpha value is -1.54. The van der Waals surface area contributed by atoms with Crippen LogP contribution in [0.2, 0.25) is 0 Å². The highest BCUT2D eigenvalue weighted by atomic mass is 32.2. The van der Waals surface area contributed by atoms with Crippen molar-refractivity contribution in [1.82, 2.24) is 15.1 Å². The molecule has 3 fully saturated rings. The monoisotopic (exact) mass is 445 g/mol. The maximum Gasteiger partial charge on any atom is 0.186 e. The van der Waals surface area contributed by atoms with Gasteiger partial charge in [-0.15, -0.1) is 0 Å². The van der Waals surface area contributed by atoms with E-state index in [2.05, 4.69) is 21.2 Å². The summed E-state index contributed by atoms with van der Waals surface area (Å²) >= 11 is 1.39. The van der Waals surface area contributed by atoms with Crippen LogP contribution in [0.3, 0.4) is 0 Å². The van der Waals surface area contributed by atoms with Gasteiger partial charge in [0.25, 0.3) is 0 Å².